The van der Waals surface area contributed by atoms with Crippen LogP contribution < -0.4 is 15.1 Å². The lowest BCUT2D eigenvalue weighted by atomic mass is 10.0. The Kier molecular flexibility index (Phi) is 5.70. The number of nitrogens with one attached hydrogen (secondary N) is 1. The molecule has 29 heavy (non-hydrogen) atoms. The molecular weight excluding hydrogens is 385 g/mol. The minimum Gasteiger partial charge on any atom is -0.378 e. The molecule has 0 amide bonds. The average molecular weight is 408 g/mol. The van der Waals surface area contributed by atoms with Gasteiger partial charge in [0.1, 0.15) is 11.6 Å². The third-order valence-corrected chi connectivity index (χ3v) is 5.10. The second-order valence-corrected chi connectivity index (χ2v) is 7.14. The summed E-state index contributed by atoms with van der Waals surface area (Å²) in [5.74, 6) is 1.30. The summed E-state index contributed by atoms with van der Waals surface area (Å²) in [4.78, 5) is 16.7. The molecule has 156 valence electrons. The summed E-state index contributed by atoms with van der Waals surface area (Å²) in [6.45, 7) is 3.73. The molecule has 0 aromatic carbocycles. The second kappa shape index (κ2) is 8.40. The van der Waals surface area contributed by atoms with Crippen molar-refractivity contribution in [3.8, 4) is 0 Å². The smallest absolute Gasteiger partial charge is 0.378 e. The van der Waals surface area contributed by atoms with Crippen molar-refractivity contribution in [2.24, 2.45) is 0 Å². The molecule has 0 aliphatic carbocycles. The molecule has 1 N–H and O–H groups in total. The minimum absolute atomic E-state index is 0.0109. The third-order valence-electron chi connectivity index (χ3n) is 5.10. The lowest BCUT2D eigenvalue weighted by molar-refractivity contribution is -0.137. The van der Waals surface area contributed by atoms with E-state index in [4.69, 9.17) is 4.74 Å². The van der Waals surface area contributed by atoms with Crippen molar-refractivity contribution in [2.45, 2.75) is 25.1 Å². The highest BCUT2D eigenvalue weighted by molar-refractivity contribution is 5.50. The first-order valence-electron chi connectivity index (χ1n) is 9.70. The van der Waals surface area contributed by atoms with Gasteiger partial charge in [-0.2, -0.15) is 18.2 Å². The third kappa shape index (κ3) is 4.69. The van der Waals surface area contributed by atoms with E-state index in [9.17, 15) is 13.2 Å². The van der Waals surface area contributed by atoms with E-state index in [1.54, 1.807) is 17.2 Å². The van der Waals surface area contributed by atoms with Crippen LogP contribution in [-0.2, 0) is 10.9 Å². The Morgan fingerprint density at radius 3 is 2.66 bits per heavy atom. The Hall–Kier alpha value is -2.62. The van der Waals surface area contributed by atoms with E-state index in [1.807, 2.05) is 0 Å². The summed E-state index contributed by atoms with van der Waals surface area (Å²) in [6.07, 6.45) is 0.292. The van der Waals surface area contributed by atoms with E-state index in [0.29, 0.717) is 38.1 Å². The van der Waals surface area contributed by atoms with E-state index >= 15 is 0 Å². The van der Waals surface area contributed by atoms with Crippen LogP contribution in [0.15, 0.2) is 30.6 Å². The fourth-order valence-corrected chi connectivity index (χ4v) is 3.71. The Morgan fingerprint density at radius 2 is 1.86 bits per heavy atom. The van der Waals surface area contributed by atoms with Crippen LogP contribution in [-0.4, -0.2) is 60.4 Å². The van der Waals surface area contributed by atoms with Gasteiger partial charge in [0.05, 0.1) is 18.8 Å². The molecule has 0 spiro atoms. The van der Waals surface area contributed by atoms with Crippen LogP contribution in [0.3, 0.4) is 0 Å². The number of alkyl halides is 3. The fourth-order valence-electron chi connectivity index (χ4n) is 3.71. The minimum atomic E-state index is -4.43. The SMILES string of the molecule is FC(F)(F)c1cccnc1N1CCCC(Nc2ccnc(N3CCOCC3)n2)C1. The van der Waals surface area contributed by atoms with Crippen LogP contribution in [0.4, 0.5) is 30.8 Å². The summed E-state index contributed by atoms with van der Waals surface area (Å²) < 4.78 is 45.4. The van der Waals surface area contributed by atoms with Gasteiger partial charge in [-0.1, -0.05) is 0 Å². The van der Waals surface area contributed by atoms with Gasteiger partial charge in [-0.15, -0.1) is 0 Å². The van der Waals surface area contributed by atoms with Gasteiger partial charge in [-0.25, -0.2) is 9.97 Å². The van der Waals surface area contributed by atoms with Gasteiger partial charge < -0.3 is 19.9 Å². The zero-order valence-corrected chi connectivity index (χ0v) is 15.9. The molecule has 2 aromatic rings. The first-order chi connectivity index (χ1) is 14.0. The molecule has 2 saturated heterocycles. The quantitative estimate of drug-likeness (QED) is 0.835. The van der Waals surface area contributed by atoms with Crippen LogP contribution in [0.1, 0.15) is 18.4 Å². The lowest BCUT2D eigenvalue weighted by Crippen LogP contribution is -2.43. The first-order valence-corrected chi connectivity index (χ1v) is 9.70. The summed E-state index contributed by atoms with van der Waals surface area (Å²) in [7, 11) is 0. The van der Waals surface area contributed by atoms with E-state index < -0.39 is 11.7 Å². The number of rotatable bonds is 4. The van der Waals surface area contributed by atoms with E-state index in [0.717, 1.165) is 32.0 Å². The molecule has 0 radical (unpaired) electrons. The summed E-state index contributed by atoms with van der Waals surface area (Å²) in [5, 5.41) is 3.36. The number of halogens is 3. The highest BCUT2D eigenvalue weighted by Crippen LogP contribution is 2.36. The lowest BCUT2D eigenvalue weighted by Gasteiger charge is -2.35. The van der Waals surface area contributed by atoms with Crippen molar-refractivity contribution in [3.63, 3.8) is 0 Å². The van der Waals surface area contributed by atoms with Gasteiger partial charge in [-0.3, -0.25) is 0 Å². The van der Waals surface area contributed by atoms with Crippen LogP contribution in [0, 0.1) is 0 Å². The van der Waals surface area contributed by atoms with Crippen molar-refractivity contribution < 1.29 is 17.9 Å². The number of morpholine rings is 1. The van der Waals surface area contributed by atoms with Crippen molar-refractivity contribution >= 4 is 17.6 Å². The van der Waals surface area contributed by atoms with Gasteiger partial charge >= 0.3 is 6.18 Å². The highest BCUT2D eigenvalue weighted by Gasteiger charge is 2.36. The van der Waals surface area contributed by atoms with Crippen molar-refractivity contribution in [1.82, 2.24) is 15.0 Å². The predicted molar refractivity (Wildman–Crippen MR) is 103 cm³/mol. The Morgan fingerprint density at radius 1 is 1.03 bits per heavy atom. The topological polar surface area (TPSA) is 66.4 Å². The molecule has 4 heterocycles. The maximum atomic E-state index is 13.4. The maximum absolute atomic E-state index is 13.4. The van der Waals surface area contributed by atoms with Gasteiger partial charge in [0.15, 0.2) is 0 Å². The van der Waals surface area contributed by atoms with Crippen LogP contribution in [0.2, 0.25) is 0 Å². The molecule has 2 aliphatic rings. The molecule has 2 aliphatic heterocycles. The number of hydrogen-bond donors (Lipinski definition) is 1. The molecule has 2 fully saturated rings. The van der Waals surface area contributed by atoms with Gasteiger partial charge in [0, 0.05) is 44.6 Å². The summed E-state index contributed by atoms with van der Waals surface area (Å²) in [5.41, 5.74) is -0.697. The zero-order chi connectivity index (χ0) is 20.3. The number of pyridine rings is 1. The van der Waals surface area contributed by atoms with Crippen molar-refractivity contribution in [2.75, 3.05) is 54.5 Å². The number of piperidine rings is 1. The molecule has 4 rings (SSSR count). The number of anilines is 3. The predicted octanol–water partition coefficient (Wildman–Crippen LogP) is 2.81. The van der Waals surface area contributed by atoms with Crippen LogP contribution in [0.25, 0.3) is 0 Å². The molecule has 0 saturated carbocycles. The van der Waals surface area contributed by atoms with Crippen molar-refractivity contribution in [1.29, 1.82) is 0 Å². The van der Waals surface area contributed by atoms with Crippen LogP contribution in [0.5, 0.6) is 0 Å². The number of hydrogen-bond acceptors (Lipinski definition) is 7. The van der Waals surface area contributed by atoms with E-state index in [1.165, 1.54) is 12.3 Å². The summed E-state index contributed by atoms with van der Waals surface area (Å²) >= 11 is 0. The molecule has 0 bridgehead atoms. The maximum Gasteiger partial charge on any atom is 0.419 e. The molecule has 1 unspecified atom stereocenters. The normalized spacial score (nSPS) is 20.6. The Balaban J connectivity index is 1.46. The monoisotopic (exact) mass is 408 g/mol. The number of aromatic nitrogens is 3. The highest BCUT2D eigenvalue weighted by atomic mass is 19.4. The van der Waals surface area contributed by atoms with E-state index in [2.05, 4.69) is 25.2 Å². The number of ether oxygens (including phenoxy) is 1. The largest absolute Gasteiger partial charge is 0.419 e. The second-order valence-electron chi connectivity index (χ2n) is 7.14. The molecular formula is C19H23F3N6O. The molecule has 1 atom stereocenters. The number of nitrogens with zero attached hydrogens (tertiary/aromatic N) is 5. The molecule has 10 heteroatoms. The van der Waals surface area contributed by atoms with Gasteiger partial charge in [0.2, 0.25) is 5.95 Å². The summed E-state index contributed by atoms with van der Waals surface area (Å²) in [6, 6.07) is 4.16. The van der Waals surface area contributed by atoms with Gasteiger partial charge in [-0.05, 0) is 31.0 Å². The van der Waals surface area contributed by atoms with Crippen LogP contribution >= 0.6 is 0 Å². The average Bonchev–Trinajstić information content (AvgIpc) is 2.74. The molecule has 7 nitrogen and oxygen atoms in total. The van der Waals surface area contributed by atoms with E-state index in [-0.39, 0.29) is 11.9 Å². The Labute approximate surface area is 166 Å². The van der Waals surface area contributed by atoms with Gasteiger partial charge in [0.25, 0.3) is 0 Å². The van der Waals surface area contributed by atoms with Crippen molar-refractivity contribution in [3.05, 3.63) is 36.2 Å². The standard InChI is InChI=1S/C19H23F3N6O/c20-19(21,22)15-4-1-6-23-17(15)28-8-2-3-14(13-28)25-16-5-7-24-18(26-16)27-9-11-29-12-10-27/h1,4-7,14H,2-3,8-13H2,(H,24,25,26). The molecule has 2 aromatic heterocycles. The Bertz CT molecular complexity index is 828. The first kappa shape index (κ1) is 19.7. The fraction of sp³-hybridized carbons (Fsp3) is 0.526. The zero-order valence-electron chi connectivity index (χ0n) is 15.9.